The van der Waals surface area contributed by atoms with Gasteiger partial charge in [0.15, 0.2) is 0 Å². The Bertz CT molecular complexity index is 138. The number of hydrogen-bond donors (Lipinski definition) is 2. The van der Waals surface area contributed by atoms with Crippen LogP contribution < -0.4 is 5.73 Å². The zero-order chi connectivity index (χ0) is 8.53. The fraction of sp³-hybridized carbons (Fsp3) is 0.600. The summed E-state index contributed by atoms with van der Waals surface area (Å²) in [6, 6.07) is 0. The van der Waals surface area contributed by atoms with Crippen LogP contribution in [0.2, 0.25) is 0 Å². The molecule has 0 aromatic heterocycles. The van der Waals surface area contributed by atoms with Crippen molar-refractivity contribution in [3.05, 3.63) is 12.3 Å². The van der Waals surface area contributed by atoms with Crippen molar-refractivity contribution in [1.82, 2.24) is 0 Å². The van der Waals surface area contributed by atoms with E-state index < -0.39 is 8.25 Å². The maximum Gasteiger partial charge on any atom is 0.697 e. The minimum Gasteiger partial charge on any atom is -0.516 e. The predicted molar refractivity (Wildman–Crippen MR) is 40.3 cm³/mol. The second-order valence-corrected chi connectivity index (χ2v) is 2.49. The maximum absolute atomic E-state index is 10.6. The van der Waals surface area contributed by atoms with Crippen molar-refractivity contribution in [2.45, 2.75) is 0 Å². The number of aliphatic hydroxyl groups is 1. The lowest BCUT2D eigenvalue weighted by Gasteiger charge is -1.84. The highest BCUT2D eigenvalue weighted by atomic mass is 31.1. The lowest BCUT2D eigenvalue weighted by molar-refractivity contribution is 0.246. The Labute approximate surface area is 65.7 Å². The van der Waals surface area contributed by atoms with Crippen LogP contribution in [0.4, 0.5) is 0 Å². The molecule has 5 nitrogen and oxygen atoms in total. The largest absolute Gasteiger partial charge is 0.697 e. The van der Waals surface area contributed by atoms with Crippen LogP contribution >= 0.6 is 8.25 Å². The maximum atomic E-state index is 10.6. The summed E-state index contributed by atoms with van der Waals surface area (Å²) < 4.78 is 19.8. The van der Waals surface area contributed by atoms with E-state index in [1.165, 1.54) is 6.08 Å². The summed E-state index contributed by atoms with van der Waals surface area (Å²) >= 11 is 0. The summed E-state index contributed by atoms with van der Waals surface area (Å²) in [4.78, 5) is 0. The molecule has 11 heavy (non-hydrogen) atoms. The molecule has 0 aromatic rings. The van der Waals surface area contributed by atoms with Crippen LogP contribution in [0.5, 0.6) is 0 Å². The second kappa shape index (κ2) is 7.63. The quantitative estimate of drug-likeness (QED) is 0.464. The van der Waals surface area contributed by atoms with E-state index >= 15 is 0 Å². The molecule has 0 spiro atoms. The summed E-state index contributed by atoms with van der Waals surface area (Å²) in [5.74, 6) is 0. The molecule has 0 saturated heterocycles. The third-order valence-corrected chi connectivity index (χ3v) is 1.45. The van der Waals surface area contributed by atoms with Gasteiger partial charge < -0.3 is 10.8 Å². The van der Waals surface area contributed by atoms with E-state index in [-0.39, 0.29) is 13.2 Å². The Hall–Kier alpha value is -0.480. The first-order valence-corrected chi connectivity index (χ1v) is 4.13. The van der Waals surface area contributed by atoms with E-state index in [2.05, 4.69) is 9.05 Å². The highest BCUT2D eigenvalue weighted by molar-refractivity contribution is 7.33. The SMILES string of the molecule is NCCO[P+](=O)OC/C=C/O. The van der Waals surface area contributed by atoms with Crippen molar-refractivity contribution in [2.24, 2.45) is 5.73 Å². The van der Waals surface area contributed by atoms with E-state index in [1.54, 1.807) is 0 Å². The van der Waals surface area contributed by atoms with Crippen molar-refractivity contribution < 1.29 is 18.7 Å². The normalized spacial score (nSPS) is 12.3. The molecule has 0 rings (SSSR count). The highest BCUT2D eigenvalue weighted by Crippen LogP contribution is 2.22. The van der Waals surface area contributed by atoms with E-state index in [0.29, 0.717) is 6.54 Å². The van der Waals surface area contributed by atoms with Gasteiger partial charge in [0.1, 0.15) is 13.2 Å². The molecule has 0 heterocycles. The molecule has 0 aliphatic rings. The van der Waals surface area contributed by atoms with Gasteiger partial charge in [-0.1, -0.05) is 0 Å². The smallest absolute Gasteiger partial charge is 0.516 e. The summed E-state index contributed by atoms with van der Waals surface area (Å²) in [6.45, 7) is 0.578. The Morgan fingerprint density at radius 3 is 2.82 bits per heavy atom. The molecular formula is C5H11NO4P+. The highest BCUT2D eigenvalue weighted by Gasteiger charge is 2.17. The molecule has 0 bridgehead atoms. The molecule has 6 heteroatoms. The van der Waals surface area contributed by atoms with Crippen LogP contribution in [0.3, 0.4) is 0 Å². The molecule has 1 unspecified atom stereocenters. The average molecular weight is 180 g/mol. The van der Waals surface area contributed by atoms with Crippen molar-refractivity contribution in [2.75, 3.05) is 19.8 Å². The zero-order valence-electron chi connectivity index (χ0n) is 5.97. The van der Waals surface area contributed by atoms with Gasteiger partial charge in [0.2, 0.25) is 0 Å². The Morgan fingerprint density at radius 1 is 1.55 bits per heavy atom. The van der Waals surface area contributed by atoms with Gasteiger partial charge in [-0.05, 0) is 6.08 Å². The molecule has 0 aromatic carbocycles. The van der Waals surface area contributed by atoms with Crippen molar-refractivity contribution in [3.8, 4) is 0 Å². The van der Waals surface area contributed by atoms with Crippen molar-refractivity contribution in [1.29, 1.82) is 0 Å². The van der Waals surface area contributed by atoms with Gasteiger partial charge in [0, 0.05) is 11.1 Å². The van der Waals surface area contributed by atoms with Gasteiger partial charge in [-0.2, -0.15) is 0 Å². The van der Waals surface area contributed by atoms with Gasteiger partial charge >= 0.3 is 8.25 Å². The molecule has 0 aliphatic heterocycles. The molecule has 0 amide bonds. The number of rotatable bonds is 6. The first kappa shape index (κ1) is 10.5. The number of hydrogen-bond acceptors (Lipinski definition) is 5. The van der Waals surface area contributed by atoms with Gasteiger partial charge in [0.25, 0.3) is 0 Å². The van der Waals surface area contributed by atoms with E-state index in [0.717, 1.165) is 6.26 Å². The molecule has 0 fully saturated rings. The van der Waals surface area contributed by atoms with E-state index in [4.69, 9.17) is 10.8 Å². The first-order chi connectivity index (χ1) is 5.31. The topological polar surface area (TPSA) is 81.8 Å². The number of nitrogens with two attached hydrogens (primary N) is 1. The third kappa shape index (κ3) is 7.42. The standard InChI is InChI=1S/C5H10NO4P/c6-2-5-10-11(8)9-4-1-3-7/h1,3H,2,4-6H2/p+1/b3-1+. The van der Waals surface area contributed by atoms with Crippen LogP contribution in [0.25, 0.3) is 0 Å². The van der Waals surface area contributed by atoms with Gasteiger partial charge in [-0.15, -0.1) is 9.05 Å². The van der Waals surface area contributed by atoms with Gasteiger partial charge in [-0.3, -0.25) is 0 Å². The van der Waals surface area contributed by atoms with Gasteiger partial charge in [0.05, 0.1) is 6.26 Å². The zero-order valence-corrected chi connectivity index (χ0v) is 6.87. The van der Waals surface area contributed by atoms with E-state index in [9.17, 15) is 4.57 Å². The molecule has 1 atom stereocenters. The summed E-state index contributed by atoms with van der Waals surface area (Å²) in [5, 5.41) is 8.14. The van der Waals surface area contributed by atoms with Gasteiger partial charge in [-0.25, -0.2) is 0 Å². The Morgan fingerprint density at radius 2 is 2.27 bits per heavy atom. The molecular weight excluding hydrogens is 169 g/mol. The summed E-state index contributed by atoms with van der Waals surface area (Å²) in [6.07, 6.45) is 2.12. The van der Waals surface area contributed by atoms with Crippen LogP contribution in [-0.2, 0) is 13.6 Å². The predicted octanol–water partition coefficient (Wildman–Crippen LogP) is 0.707. The molecule has 0 radical (unpaired) electrons. The van der Waals surface area contributed by atoms with E-state index in [1.807, 2.05) is 0 Å². The van der Waals surface area contributed by atoms with Crippen LogP contribution in [0.1, 0.15) is 0 Å². The molecule has 0 saturated carbocycles. The lowest BCUT2D eigenvalue weighted by Crippen LogP contribution is -2.05. The fourth-order valence-corrected chi connectivity index (χ4v) is 0.848. The molecule has 0 aliphatic carbocycles. The number of aliphatic hydroxyl groups excluding tert-OH is 1. The Kier molecular flexibility index (Phi) is 7.29. The van der Waals surface area contributed by atoms with Crippen molar-refractivity contribution >= 4 is 8.25 Å². The first-order valence-electron chi connectivity index (χ1n) is 3.03. The third-order valence-electron chi connectivity index (χ3n) is 0.696. The molecule has 64 valence electrons. The minimum absolute atomic E-state index is 0.0657. The Balaban J connectivity index is 3.22. The van der Waals surface area contributed by atoms with Crippen LogP contribution in [0.15, 0.2) is 12.3 Å². The monoisotopic (exact) mass is 180 g/mol. The lowest BCUT2D eigenvalue weighted by atomic mass is 10.7. The molecule has 3 N–H and O–H groups in total. The summed E-state index contributed by atoms with van der Waals surface area (Å²) in [5.41, 5.74) is 5.07. The van der Waals surface area contributed by atoms with Crippen LogP contribution in [0, 0.1) is 0 Å². The average Bonchev–Trinajstić information content (AvgIpc) is 2.01. The summed E-state index contributed by atoms with van der Waals surface area (Å²) in [7, 11) is -2.09. The van der Waals surface area contributed by atoms with Crippen LogP contribution in [-0.4, -0.2) is 24.9 Å². The fourth-order valence-electron chi connectivity index (χ4n) is 0.311. The minimum atomic E-state index is -2.09. The van der Waals surface area contributed by atoms with Crippen molar-refractivity contribution in [3.63, 3.8) is 0 Å². The second-order valence-electron chi connectivity index (χ2n) is 1.53.